The quantitative estimate of drug-likeness (QED) is 0.390. The van der Waals surface area contributed by atoms with E-state index in [9.17, 15) is 15.0 Å². The maximum atomic E-state index is 12.8. The van der Waals surface area contributed by atoms with Crippen LogP contribution in [0, 0.1) is 0 Å². The zero-order valence-electron chi connectivity index (χ0n) is 17.5. The van der Waals surface area contributed by atoms with Gasteiger partial charge in [-0.2, -0.15) is 0 Å². The van der Waals surface area contributed by atoms with Crippen LogP contribution >= 0.6 is 11.6 Å². The van der Waals surface area contributed by atoms with Gasteiger partial charge in [-0.1, -0.05) is 48.0 Å². The van der Waals surface area contributed by atoms with Gasteiger partial charge in [0.1, 0.15) is 11.5 Å². The van der Waals surface area contributed by atoms with E-state index in [4.69, 9.17) is 16.3 Å². The first-order chi connectivity index (χ1) is 15.5. The number of benzene rings is 3. The van der Waals surface area contributed by atoms with Crippen molar-refractivity contribution in [1.82, 2.24) is 4.98 Å². The Morgan fingerprint density at radius 1 is 1.06 bits per heavy atom. The zero-order valence-corrected chi connectivity index (χ0v) is 18.2. The Labute approximate surface area is 189 Å². The number of aromatic amines is 1. The van der Waals surface area contributed by atoms with Gasteiger partial charge in [-0.3, -0.25) is 4.79 Å². The predicted octanol–water partition coefficient (Wildman–Crippen LogP) is 5.25. The number of halogens is 1. The van der Waals surface area contributed by atoms with Crippen molar-refractivity contribution in [2.24, 2.45) is 0 Å². The number of rotatable bonds is 5. The molecule has 1 aliphatic rings. The Morgan fingerprint density at radius 2 is 1.81 bits per heavy atom. The van der Waals surface area contributed by atoms with E-state index in [0.717, 1.165) is 29.5 Å². The van der Waals surface area contributed by atoms with E-state index < -0.39 is 5.56 Å². The number of hydrogen-bond acceptors (Lipinski definition) is 4. The molecular formula is C26H22ClNO4. The number of pyridine rings is 1. The first kappa shape index (κ1) is 20.6. The highest BCUT2D eigenvalue weighted by atomic mass is 35.5. The van der Waals surface area contributed by atoms with Gasteiger partial charge in [0.05, 0.1) is 29.8 Å². The Kier molecular flexibility index (Phi) is 4.96. The van der Waals surface area contributed by atoms with E-state index in [2.05, 4.69) is 4.98 Å². The van der Waals surface area contributed by atoms with Gasteiger partial charge in [0.15, 0.2) is 0 Å². The first-order valence-electron chi connectivity index (χ1n) is 10.4. The lowest BCUT2D eigenvalue weighted by Crippen LogP contribution is -2.11. The summed E-state index contributed by atoms with van der Waals surface area (Å²) in [4.78, 5) is 15.6. The highest BCUT2D eigenvalue weighted by Gasteiger charge is 2.43. The van der Waals surface area contributed by atoms with E-state index in [1.807, 2.05) is 24.3 Å². The number of aromatic nitrogens is 1. The lowest BCUT2D eigenvalue weighted by atomic mass is 9.94. The second-order valence-corrected chi connectivity index (χ2v) is 8.71. The smallest absolute Gasteiger partial charge is 0.260 e. The second-order valence-electron chi connectivity index (χ2n) is 8.30. The van der Waals surface area contributed by atoms with E-state index in [1.165, 1.54) is 0 Å². The number of hydrogen-bond donors (Lipinski definition) is 3. The molecule has 0 radical (unpaired) electrons. The van der Waals surface area contributed by atoms with Gasteiger partial charge in [-0.15, -0.1) is 0 Å². The number of aliphatic hydroxyl groups excluding tert-OH is 1. The molecule has 3 N–H and O–H groups in total. The number of aromatic hydroxyl groups is 1. The molecular weight excluding hydrogens is 426 g/mol. The Balaban J connectivity index is 1.64. The summed E-state index contributed by atoms with van der Waals surface area (Å²) in [6, 6.07) is 18.5. The van der Waals surface area contributed by atoms with Crippen LogP contribution in [0.5, 0.6) is 11.5 Å². The minimum atomic E-state index is -0.407. The molecule has 0 saturated heterocycles. The number of methoxy groups -OCH3 is 1. The van der Waals surface area contributed by atoms with Crippen molar-refractivity contribution in [3.05, 3.63) is 81.6 Å². The molecule has 32 heavy (non-hydrogen) atoms. The maximum Gasteiger partial charge on any atom is 0.260 e. The molecule has 1 heterocycles. The third-order valence-corrected chi connectivity index (χ3v) is 6.71. The maximum absolute atomic E-state index is 12.8. The van der Waals surface area contributed by atoms with Crippen LogP contribution in [0.4, 0.5) is 0 Å². The summed E-state index contributed by atoms with van der Waals surface area (Å²) < 4.78 is 5.26. The SMILES string of the molecule is COc1cccc(-c2c(O)c3cc(-c4ccc(C5(CO)CC5)cc4)c(Cl)cc3[nH]c2=O)c1. The third-order valence-electron chi connectivity index (χ3n) is 6.40. The number of H-pyrrole nitrogens is 1. The van der Waals surface area contributed by atoms with Gasteiger partial charge < -0.3 is 19.9 Å². The monoisotopic (exact) mass is 447 g/mol. The van der Waals surface area contributed by atoms with Crippen LogP contribution < -0.4 is 10.3 Å². The molecule has 1 saturated carbocycles. The summed E-state index contributed by atoms with van der Waals surface area (Å²) in [5, 5.41) is 21.7. The van der Waals surface area contributed by atoms with Crippen LogP contribution in [0.1, 0.15) is 18.4 Å². The van der Waals surface area contributed by atoms with Crippen molar-refractivity contribution in [1.29, 1.82) is 0 Å². The summed E-state index contributed by atoms with van der Waals surface area (Å²) in [7, 11) is 1.55. The van der Waals surface area contributed by atoms with Crippen molar-refractivity contribution in [2.75, 3.05) is 13.7 Å². The van der Waals surface area contributed by atoms with Gasteiger partial charge >= 0.3 is 0 Å². The van der Waals surface area contributed by atoms with Crippen LogP contribution in [0.25, 0.3) is 33.2 Å². The molecule has 0 bridgehead atoms. The second kappa shape index (κ2) is 7.69. The largest absolute Gasteiger partial charge is 0.506 e. The minimum absolute atomic E-state index is 0.102. The van der Waals surface area contributed by atoms with Crippen LogP contribution in [0.3, 0.4) is 0 Å². The lowest BCUT2D eigenvalue weighted by Gasteiger charge is -2.14. The average Bonchev–Trinajstić information content (AvgIpc) is 3.60. The Bertz CT molecular complexity index is 1390. The van der Waals surface area contributed by atoms with E-state index in [0.29, 0.717) is 27.2 Å². The van der Waals surface area contributed by atoms with Crippen molar-refractivity contribution >= 4 is 22.5 Å². The first-order valence-corrected chi connectivity index (χ1v) is 10.8. The van der Waals surface area contributed by atoms with E-state index in [-0.39, 0.29) is 23.3 Å². The summed E-state index contributed by atoms with van der Waals surface area (Å²) in [5.41, 5.74) is 3.45. The normalized spacial score (nSPS) is 14.5. The van der Waals surface area contributed by atoms with Gasteiger partial charge in [-0.25, -0.2) is 0 Å². The molecule has 162 valence electrons. The van der Waals surface area contributed by atoms with Crippen molar-refractivity contribution in [3.63, 3.8) is 0 Å². The molecule has 5 rings (SSSR count). The highest BCUT2D eigenvalue weighted by molar-refractivity contribution is 6.34. The molecule has 1 fully saturated rings. The van der Waals surface area contributed by atoms with Crippen molar-refractivity contribution < 1.29 is 14.9 Å². The molecule has 0 spiro atoms. The molecule has 5 nitrogen and oxygen atoms in total. The minimum Gasteiger partial charge on any atom is -0.506 e. The van der Waals surface area contributed by atoms with Gasteiger partial charge in [0, 0.05) is 16.4 Å². The number of fused-ring (bicyclic) bond motifs is 1. The summed E-state index contributed by atoms with van der Waals surface area (Å²) in [5.74, 6) is 0.485. The number of nitrogens with one attached hydrogen (secondary N) is 1. The van der Waals surface area contributed by atoms with Crippen LogP contribution in [-0.4, -0.2) is 28.9 Å². The summed E-state index contributed by atoms with van der Waals surface area (Å²) in [6.45, 7) is 0.150. The van der Waals surface area contributed by atoms with Gasteiger partial charge in [0.2, 0.25) is 0 Å². The molecule has 0 atom stereocenters. The standard InChI is InChI=1S/C26H22ClNO4/c1-32-18-4-2-3-16(11-18)23-24(30)20-12-19(21(27)13-22(20)28-25(23)31)15-5-7-17(8-6-15)26(14-29)9-10-26/h2-8,11-13,29H,9-10,14H2,1H3,(H2,28,30,31). The Morgan fingerprint density at radius 3 is 2.47 bits per heavy atom. The van der Waals surface area contributed by atoms with Crippen molar-refractivity contribution in [2.45, 2.75) is 18.3 Å². The Hall–Kier alpha value is -3.28. The lowest BCUT2D eigenvalue weighted by molar-refractivity contribution is 0.255. The summed E-state index contributed by atoms with van der Waals surface area (Å²) >= 11 is 6.55. The molecule has 0 aliphatic heterocycles. The van der Waals surface area contributed by atoms with Crippen LogP contribution in [0.2, 0.25) is 5.02 Å². The predicted molar refractivity (Wildman–Crippen MR) is 127 cm³/mol. The average molecular weight is 448 g/mol. The highest BCUT2D eigenvalue weighted by Crippen LogP contribution is 2.48. The van der Waals surface area contributed by atoms with Crippen LogP contribution in [0.15, 0.2) is 65.5 Å². The fourth-order valence-electron chi connectivity index (χ4n) is 4.26. The van der Waals surface area contributed by atoms with Crippen molar-refractivity contribution in [3.8, 4) is 33.8 Å². The molecule has 3 aromatic carbocycles. The molecule has 0 unspecified atom stereocenters. The molecule has 4 aromatic rings. The molecule has 6 heteroatoms. The number of aliphatic hydroxyl groups is 1. The molecule has 0 amide bonds. The topological polar surface area (TPSA) is 82.5 Å². The van der Waals surface area contributed by atoms with Crippen LogP contribution in [-0.2, 0) is 5.41 Å². The third kappa shape index (κ3) is 3.34. The van der Waals surface area contributed by atoms with Gasteiger partial charge in [0.25, 0.3) is 5.56 Å². The van der Waals surface area contributed by atoms with Gasteiger partial charge in [-0.05, 0) is 53.8 Å². The molecule has 1 aliphatic carbocycles. The zero-order chi connectivity index (χ0) is 22.5. The number of ether oxygens (including phenoxy) is 1. The fraction of sp³-hybridized carbons (Fsp3) is 0.192. The van der Waals surface area contributed by atoms with E-state index in [1.54, 1.807) is 43.5 Å². The molecule has 1 aromatic heterocycles. The summed E-state index contributed by atoms with van der Waals surface area (Å²) in [6.07, 6.45) is 1.99. The van der Waals surface area contributed by atoms with E-state index >= 15 is 0 Å². The fourth-order valence-corrected chi connectivity index (χ4v) is 4.53.